The van der Waals surface area contributed by atoms with Gasteiger partial charge in [-0.05, 0) is 30.2 Å². The molecule has 0 amide bonds. The third-order valence-corrected chi connectivity index (χ3v) is 3.89. The summed E-state index contributed by atoms with van der Waals surface area (Å²) in [5, 5.41) is 10.2. The van der Waals surface area contributed by atoms with Crippen molar-refractivity contribution in [3.63, 3.8) is 0 Å². The van der Waals surface area contributed by atoms with Crippen LogP contribution in [-0.2, 0) is 0 Å². The molecule has 24 heavy (non-hydrogen) atoms. The Kier molecular flexibility index (Phi) is 4.33. The topological polar surface area (TPSA) is 68.4 Å². The molecule has 0 saturated carbocycles. The maximum atomic E-state index is 14.4. The van der Waals surface area contributed by atoms with E-state index in [4.69, 9.17) is 32.4 Å². The number of aliphatic hydroxyl groups is 1. The highest BCUT2D eigenvalue weighted by Crippen LogP contribution is 2.36. The van der Waals surface area contributed by atoms with E-state index in [1.54, 1.807) is 0 Å². The monoisotopic (exact) mass is 374 g/mol. The van der Waals surface area contributed by atoms with E-state index in [2.05, 4.69) is 9.97 Å². The zero-order valence-electron chi connectivity index (χ0n) is 12.4. The summed E-state index contributed by atoms with van der Waals surface area (Å²) in [5.41, 5.74) is -0.231. The van der Waals surface area contributed by atoms with Crippen LogP contribution in [-0.4, -0.2) is 22.2 Å². The largest absolute Gasteiger partial charge is 0.494 e. The van der Waals surface area contributed by atoms with Crippen LogP contribution in [0.25, 0.3) is 11.1 Å². The van der Waals surface area contributed by atoms with Gasteiger partial charge in [0.2, 0.25) is 5.28 Å². The maximum absolute atomic E-state index is 14.4. The van der Waals surface area contributed by atoms with Gasteiger partial charge in [0, 0.05) is 6.07 Å². The minimum Gasteiger partial charge on any atom is -0.494 e. The molecular formula is C15H10Cl2F2N2O3. The van der Waals surface area contributed by atoms with E-state index in [1.165, 1.54) is 26.2 Å². The highest BCUT2D eigenvalue weighted by Gasteiger charge is 2.28. The Hall–Kier alpha value is -1.96. The lowest BCUT2D eigenvalue weighted by atomic mass is 10.0. The lowest BCUT2D eigenvalue weighted by Gasteiger charge is -2.14. The zero-order chi connectivity index (χ0) is 17.6. The van der Waals surface area contributed by atoms with Gasteiger partial charge >= 0.3 is 0 Å². The van der Waals surface area contributed by atoms with Gasteiger partial charge in [0.05, 0.1) is 12.7 Å². The molecule has 0 aliphatic heterocycles. The number of aromatic nitrogens is 2. The predicted molar refractivity (Wildman–Crippen MR) is 83.5 cm³/mol. The molecule has 3 aromatic rings. The number of methoxy groups -OCH3 is 1. The summed E-state index contributed by atoms with van der Waals surface area (Å²) < 4.78 is 39.0. The number of aliphatic hydroxyl groups excluding tert-OH is 1. The molecule has 126 valence electrons. The van der Waals surface area contributed by atoms with Gasteiger partial charge in [0.1, 0.15) is 23.2 Å². The molecule has 1 aromatic carbocycles. The Morgan fingerprint density at radius 3 is 2.58 bits per heavy atom. The highest BCUT2D eigenvalue weighted by molar-refractivity contribution is 6.35. The number of ether oxygens (including phenoxy) is 1. The van der Waals surface area contributed by atoms with Crippen molar-refractivity contribution in [2.24, 2.45) is 0 Å². The minimum absolute atomic E-state index is 0.0514. The Balaban J connectivity index is 2.18. The van der Waals surface area contributed by atoms with Crippen molar-refractivity contribution in [3.8, 4) is 5.75 Å². The predicted octanol–water partition coefficient (Wildman–Crippen LogP) is 4.21. The van der Waals surface area contributed by atoms with Crippen LogP contribution < -0.4 is 4.74 Å². The molecule has 9 heteroatoms. The summed E-state index contributed by atoms with van der Waals surface area (Å²) in [4.78, 5) is 7.58. The van der Waals surface area contributed by atoms with Gasteiger partial charge in [-0.1, -0.05) is 11.6 Å². The molecule has 5 nitrogen and oxygen atoms in total. The van der Waals surface area contributed by atoms with Gasteiger partial charge in [-0.25, -0.2) is 18.7 Å². The number of hydrogen-bond acceptors (Lipinski definition) is 5. The molecule has 0 fully saturated rings. The van der Waals surface area contributed by atoms with Crippen LogP contribution in [0.1, 0.15) is 23.0 Å². The average molecular weight is 375 g/mol. The van der Waals surface area contributed by atoms with E-state index in [1.807, 2.05) is 0 Å². The van der Waals surface area contributed by atoms with Gasteiger partial charge in [-0.3, -0.25) is 0 Å². The third kappa shape index (κ3) is 2.68. The van der Waals surface area contributed by atoms with E-state index in [0.717, 1.165) is 0 Å². The fourth-order valence-corrected chi connectivity index (χ4v) is 2.75. The van der Waals surface area contributed by atoms with Crippen molar-refractivity contribution >= 4 is 34.3 Å². The van der Waals surface area contributed by atoms with Crippen molar-refractivity contribution in [2.75, 3.05) is 7.11 Å². The van der Waals surface area contributed by atoms with Crippen LogP contribution >= 0.6 is 23.2 Å². The molecule has 0 bridgehead atoms. The van der Waals surface area contributed by atoms with E-state index in [-0.39, 0.29) is 38.6 Å². The fraction of sp³-hybridized carbons (Fsp3) is 0.200. The molecule has 1 unspecified atom stereocenters. The van der Waals surface area contributed by atoms with Crippen LogP contribution in [0.3, 0.4) is 0 Å². The third-order valence-electron chi connectivity index (χ3n) is 3.47. The van der Waals surface area contributed by atoms with Crippen LogP contribution in [0.15, 0.2) is 16.5 Å². The standard InChI is InChI=1S/C15H10Cl2F2N2O3/c1-5-3-7(23-2)11(19)9(10(5)18)12(22)8-4-6-13(24-8)14(16)21-15(17)20-6/h3-4,12,22H,1-2H3. The first kappa shape index (κ1) is 16.9. The van der Waals surface area contributed by atoms with E-state index in [0.29, 0.717) is 0 Å². The minimum atomic E-state index is -1.73. The van der Waals surface area contributed by atoms with E-state index in [9.17, 15) is 13.9 Å². The van der Waals surface area contributed by atoms with E-state index >= 15 is 0 Å². The molecule has 2 aromatic heterocycles. The first-order valence-electron chi connectivity index (χ1n) is 6.66. The molecule has 0 aliphatic carbocycles. The Bertz CT molecular complexity index is 946. The summed E-state index contributed by atoms with van der Waals surface area (Å²) in [6, 6.07) is 2.48. The first-order chi connectivity index (χ1) is 11.3. The fourth-order valence-electron chi connectivity index (χ4n) is 2.32. The number of aryl methyl sites for hydroxylation is 1. The van der Waals surface area contributed by atoms with Crippen LogP contribution in [0, 0.1) is 18.6 Å². The van der Waals surface area contributed by atoms with Gasteiger partial charge in [-0.15, -0.1) is 0 Å². The van der Waals surface area contributed by atoms with Gasteiger partial charge < -0.3 is 14.3 Å². The number of nitrogens with zero attached hydrogens (tertiary/aromatic N) is 2. The summed E-state index contributed by atoms with van der Waals surface area (Å²) in [5.74, 6) is -2.28. The second-order valence-electron chi connectivity index (χ2n) is 4.99. The highest BCUT2D eigenvalue weighted by atomic mass is 35.5. The van der Waals surface area contributed by atoms with Crippen molar-refractivity contribution < 1.29 is 23.0 Å². The van der Waals surface area contributed by atoms with Crippen LogP contribution in [0.2, 0.25) is 10.4 Å². The van der Waals surface area contributed by atoms with Crippen LogP contribution in [0.5, 0.6) is 5.75 Å². The van der Waals surface area contributed by atoms with Crippen molar-refractivity contribution in [3.05, 3.63) is 51.1 Å². The zero-order valence-corrected chi connectivity index (χ0v) is 13.9. The van der Waals surface area contributed by atoms with Crippen molar-refractivity contribution in [1.82, 2.24) is 9.97 Å². The van der Waals surface area contributed by atoms with Crippen molar-refractivity contribution in [1.29, 1.82) is 0 Å². The molecule has 0 saturated heterocycles. The lowest BCUT2D eigenvalue weighted by molar-refractivity contribution is 0.180. The number of benzene rings is 1. The number of fused-ring (bicyclic) bond motifs is 1. The number of halogens is 4. The number of hydrogen-bond donors (Lipinski definition) is 1. The molecule has 2 heterocycles. The normalized spacial score (nSPS) is 12.6. The van der Waals surface area contributed by atoms with Crippen LogP contribution in [0.4, 0.5) is 8.78 Å². The molecule has 1 N–H and O–H groups in total. The lowest BCUT2D eigenvalue weighted by Crippen LogP contribution is -2.08. The van der Waals surface area contributed by atoms with Crippen molar-refractivity contribution in [2.45, 2.75) is 13.0 Å². The molecular weight excluding hydrogens is 365 g/mol. The molecule has 0 aliphatic rings. The summed E-state index contributed by atoms with van der Waals surface area (Å²) in [6.07, 6.45) is -1.73. The molecule has 0 spiro atoms. The smallest absolute Gasteiger partial charge is 0.224 e. The summed E-state index contributed by atoms with van der Waals surface area (Å²) in [7, 11) is 1.24. The van der Waals surface area contributed by atoms with Gasteiger partial charge in [-0.2, -0.15) is 0 Å². The Labute approximate surface area is 144 Å². The SMILES string of the molecule is COc1cc(C)c(F)c(C(O)c2cc3nc(Cl)nc(Cl)c3o2)c1F. The second kappa shape index (κ2) is 6.16. The molecule has 0 radical (unpaired) electrons. The number of furan rings is 1. The quantitative estimate of drug-likeness (QED) is 0.549. The maximum Gasteiger partial charge on any atom is 0.224 e. The second-order valence-corrected chi connectivity index (χ2v) is 5.68. The summed E-state index contributed by atoms with van der Waals surface area (Å²) >= 11 is 11.6. The Morgan fingerprint density at radius 2 is 1.92 bits per heavy atom. The Morgan fingerprint density at radius 1 is 1.21 bits per heavy atom. The first-order valence-corrected chi connectivity index (χ1v) is 7.42. The summed E-state index contributed by atoms with van der Waals surface area (Å²) in [6.45, 7) is 1.42. The van der Waals surface area contributed by atoms with Gasteiger partial charge in [0.25, 0.3) is 0 Å². The number of rotatable bonds is 3. The molecule has 3 rings (SSSR count). The van der Waals surface area contributed by atoms with E-state index < -0.39 is 23.3 Å². The average Bonchev–Trinajstić information content (AvgIpc) is 2.95. The molecule has 1 atom stereocenters. The van der Waals surface area contributed by atoms with Gasteiger partial charge in [0.15, 0.2) is 22.3 Å².